The first-order valence-electron chi connectivity index (χ1n) is 12.0. The average Bonchev–Trinajstić information content (AvgIpc) is 3.35. The van der Waals surface area contributed by atoms with Crippen molar-refractivity contribution < 1.29 is 27.5 Å². The van der Waals surface area contributed by atoms with Crippen molar-refractivity contribution in [1.82, 2.24) is 0 Å². The topological polar surface area (TPSA) is 93.2 Å². The Morgan fingerprint density at radius 1 is 1.08 bits per heavy atom. The molecule has 3 aromatic carbocycles. The number of rotatable bonds is 6. The summed E-state index contributed by atoms with van der Waals surface area (Å²) in [6.07, 6.45) is -0.940. The minimum Gasteiger partial charge on any atom is -0.475 e. The number of hydrogen-bond donors (Lipinski definition) is 0. The van der Waals surface area contributed by atoms with Crippen molar-refractivity contribution in [2.24, 2.45) is 0 Å². The minimum atomic E-state index is -3.76. The lowest BCUT2D eigenvalue weighted by molar-refractivity contribution is -0.148. The van der Waals surface area contributed by atoms with E-state index < -0.39 is 22.1 Å². The molecule has 1 amide bonds. The first-order chi connectivity index (χ1) is 18.2. The number of nitrogens with zero attached hydrogens (tertiary/aromatic N) is 2. The van der Waals surface area contributed by atoms with E-state index in [1.807, 2.05) is 13.0 Å². The van der Waals surface area contributed by atoms with Crippen molar-refractivity contribution in [1.29, 1.82) is 0 Å². The normalized spacial score (nSPS) is 15.0. The number of para-hydroxylation sites is 2. The van der Waals surface area contributed by atoms with Crippen molar-refractivity contribution in [3.05, 3.63) is 83.2 Å². The van der Waals surface area contributed by atoms with Crippen LogP contribution in [0.1, 0.15) is 22.2 Å². The average molecular weight is 551 g/mol. The van der Waals surface area contributed by atoms with Gasteiger partial charge >= 0.3 is 5.97 Å². The van der Waals surface area contributed by atoms with E-state index in [0.29, 0.717) is 22.0 Å². The second-order valence-electron chi connectivity index (χ2n) is 8.83. The van der Waals surface area contributed by atoms with Gasteiger partial charge in [-0.05, 0) is 67.8 Å². The molecule has 0 radical (unpaired) electrons. The summed E-state index contributed by atoms with van der Waals surface area (Å²) in [5, 5.41) is 0.750. The summed E-state index contributed by atoms with van der Waals surface area (Å²) in [6.45, 7) is 3.95. The molecular formula is C28H26N2O6S2. The van der Waals surface area contributed by atoms with E-state index in [1.165, 1.54) is 27.7 Å². The van der Waals surface area contributed by atoms with Crippen LogP contribution in [0.25, 0.3) is 10.1 Å². The maximum Gasteiger partial charge on any atom is 0.348 e. The van der Waals surface area contributed by atoms with Gasteiger partial charge in [0, 0.05) is 11.2 Å². The lowest BCUT2D eigenvalue weighted by Crippen LogP contribution is -2.47. The number of hydrogen-bond acceptors (Lipinski definition) is 7. The van der Waals surface area contributed by atoms with Crippen molar-refractivity contribution in [2.45, 2.75) is 24.8 Å². The molecule has 196 valence electrons. The van der Waals surface area contributed by atoms with Crippen LogP contribution >= 0.6 is 11.3 Å². The van der Waals surface area contributed by atoms with Gasteiger partial charge in [0.1, 0.15) is 5.75 Å². The van der Waals surface area contributed by atoms with Gasteiger partial charge in [0.15, 0.2) is 0 Å². The van der Waals surface area contributed by atoms with E-state index in [4.69, 9.17) is 9.47 Å². The molecule has 0 bridgehead atoms. The van der Waals surface area contributed by atoms with Crippen LogP contribution < -0.4 is 13.9 Å². The number of benzene rings is 3. The number of esters is 1. The second-order valence-corrected chi connectivity index (χ2v) is 11.8. The SMILES string of the molecule is CCN(c1ccc2sc(C(=O)N3C[C@H](C(=O)OC)Oc4ccccc43)cc2c1)S(=O)(=O)c1ccc(C)cc1. The summed E-state index contributed by atoms with van der Waals surface area (Å²) in [4.78, 5) is 28.1. The molecule has 0 saturated heterocycles. The number of amides is 1. The fraction of sp³-hybridized carbons (Fsp3) is 0.214. The number of sulfonamides is 1. The monoisotopic (exact) mass is 550 g/mol. The lowest BCUT2D eigenvalue weighted by atomic mass is 10.1. The quantitative estimate of drug-likeness (QED) is 0.314. The maximum atomic E-state index is 13.7. The number of aryl methyl sites for hydroxylation is 1. The highest BCUT2D eigenvalue weighted by Gasteiger charge is 2.35. The summed E-state index contributed by atoms with van der Waals surface area (Å²) < 4.78 is 39.6. The van der Waals surface area contributed by atoms with E-state index in [9.17, 15) is 18.0 Å². The highest BCUT2D eigenvalue weighted by molar-refractivity contribution is 7.92. The van der Waals surface area contributed by atoms with E-state index in [2.05, 4.69) is 0 Å². The molecule has 4 aromatic rings. The molecule has 0 aliphatic carbocycles. The summed E-state index contributed by atoms with van der Waals surface area (Å²) in [5.41, 5.74) is 2.06. The highest BCUT2D eigenvalue weighted by atomic mass is 32.2. The fourth-order valence-corrected chi connectivity index (χ4v) is 6.89. The van der Waals surface area contributed by atoms with Gasteiger partial charge < -0.3 is 9.47 Å². The molecule has 10 heteroatoms. The van der Waals surface area contributed by atoms with E-state index >= 15 is 0 Å². The molecule has 1 aliphatic rings. The summed E-state index contributed by atoms with van der Waals surface area (Å²) in [6, 6.07) is 20.9. The van der Waals surface area contributed by atoms with Gasteiger partial charge in [-0.15, -0.1) is 11.3 Å². The number of thiophene rings is 1. The van der Waals surface area contributed by atoms with Crippen molar-refractivity contribution >= 4 is 54.7 Å². The molecule has 0 fully saturated rings. The number of ether oxygens (including phenoxy) is 2. The van der Waals surface area contributed by atoms with Crippen molar-refractivity contribution in [3.63, 3.8) is 0 Å². The molecule has 5 rings (SSSR count). The summed E-state index contributed by atoms with van der Waals surface area (Å²) >= 11 is 1.31. The van der Waals surface area contributed by atoms with Gasteiger partial charge in [0.2, 0.25) is 6.10 Å². The smallest absolute Gasteiger partial charge is 0.348 e. The fourth-order valence-electron chi connectivity index (χ4n) is 4.43. The van der Waals surface area contributed by atoms with Crippen LogP contribution in [0.4, 0.5) is 11.4 Å². The Kier molecular flexibility index (Phi) is 6.85. The van der Waals surface area contributed by atoms with Gasteiger partial charge in [0.25, 0.3) is 15.9 Å². The molecule has 0 saturated carbocycles. The van der Waals surface area contributed by atoms with Crippen LogP contribution in [0, 0.1) is 6.92 Å². The van der Waals surface area contributed by atoms with E-state index in [-0.39, 0.29) is 23.9 Å². The summed E-state index contributed by atoms with van der Waals surface area (Å²) in [5.74, 6) is -0.421. The zero-order valence-corrected chi connectivity index (χ0v) is 22.7. The van der Waals surface area contributed by atoms with Gasteiger partial charge in [-0.2, -0.15) is 0 Å². The number of anilines is 2. The Bertz CT molecular complexity index is 1630. The Balaban J connectivity index is 1.48. The molecule has 1 aliphatic heterocycles. The number of carbonyl (C=O) groups excluding carboxylic acids is 2. The van der Waals surface area contributed by atoms with Crippen LogP contribution in [0.2, 0.25) is 0 Å². The number of carbonyl (C=O) groups is 2. The van der Waals surface area contributed by atoms with Crippen molar-refractivity contribution in [3.8, 4) is 5.75 Å². The number of methoxy groups -OCH3 is 1. The molecule has 1 aromatic heterocycles. The van der Waals surface area contributed by atoms with Crippen LogP contribution in [0.5, 0.6) is 5.75 Å². The summed E-state index contributed by atoms with van der Waals surface area (Å²) in [7, 11) is -2.48. The van der Waals surface area contributed by atoms with Crippen molar-refractivity contribution in [2.75, 3.05) is 29.4 Å². The maximum absolute atomic E-state index is 13.7. The first kappa shape index (κ1) is 25.7. The van der Waals surface area contributed by atoms with Gasteiger partial charge in [-0.25, -0.2) is 13.2 Å². The second kappa shape index (κ2) is 10.1. The molecule has 0 spiro atoms. The van der Waals surface area contributed by atoms with Gasteiger partial charge in [-0.1, -0.05) is 29.8 Å². The third kappa shape index (κ3) is 4.61. The minimum absolute atomic E-state index is 0.0143. The van der Waals surface area contributed by atoms with Crippen LogP contribution in [-0.2, 0) is 19.6 Å². The zero-order valence-electron chi connectivity index (χ0n) is 21.1. The van der Waals surface area contributed by atoms with Crippen LogP contribution in [0.15, 0.2) is 77.7 Å². The molecule has 8 nitrogen and oxygen atoms in total. The molecular weight excluding hydrogens is 524 g/mol. The molecule has 1 atom stereocenters. The van der Waals surface area contributed by atoms with Gasteiger partial charge in [0.05, 0.1) is 34.8 Å². The lowest BCUT2D eigenvalue weighted by Gasteiger charge is -2.33. The molecule has 38 heavy (non-hydrogen) atoms. The predicted octanol–water partition coefficient (Wildman–Crippen LogP) is 5.01. The first-order valence-corrected chi connectivity index (χ1v) is 14.3. The van der Waals surface area contributed by atoms with E-state index in [1.54, 1.807) is 73.7 Å². The largest absolute Gasteiger partial charge is 0.475 e. The van der Waals surface area contributed by atoms with Crippen LogP contribution in [0.3, 0.4) is 0 Å². The molecule has 2 heterocycles. The highest BCUT2D eigenvalue weighted by Crippen LogP contribution is 2.37. The Morgan fingerprint density at radius 2 is 1.82 bits per heavy atom. The Morgan fingerprint density at radius 3 is 2.53 bits per heavy atom. The standard InChI is InChI=1S/C28H26N2O6S2/c1-4-30(38(33,34)21-12-9-18(2)10-13-21)20-11-14-25-19(15-20)16-26(37-25)27(31)29-17-24(28(32)35-3)36-23-8-6-5-7-22(23)29/h5-16,24H,4,17H2,1-3H3/t24-/m1/s1. The predicted molar refractivity (Wildman–Crippen MR) is 148 cm³/mol. The van der Waals surface area contributed by atoms with Crippen LogP contribution in [-0.4, -0.2) is 46.6 Å². The Hall–Kier alpha value is -3.89. The van der Waals surface area contributed by atoms with E-state index in [0.717, 1.165) is 15.6 Å². The zero-order chi connectivity index (χ0) is 27.0. The van der Waals surface area contributed by atoms with Gasteiger partial charge in [-0.3, -0.25) is 14.0 Å². The molecule has 0 N–H and O–H groups in total. The Labute approximate surface area is 225 Å². The molecule has 0 unspecified atom stereocenters. The third-order valence-corrected chi connectivity index (χ3v) is 9.40. The third-order valence-electron chi connectivity index (χ3n) is 6.38. The number of fused-ring (bicyclic) bond motifs is 2.